The maximum atomic E-state index is 12.3. The van der Waals surface area contributed by atoms with Crippen molar-refractivity contribution in [3.05, 3.63) is 57.0 Å². The van der Waals surface area contributed by atoms with Crippen LogP contribution in [0.15, 0.2) is 45.8 Å². The van der Waals surface area contributed by atoms with Crippen molar-refractivity contribution in [2.45, 2.75) is 18.7 Å². The molecule has 0 atom stereocenters. The Morgan fingerprint density at radius 2 is 1.65 bits per heavy atom. The van der Waals surface area contributed by atoms with Crippen LogP contribution in [0.4, 0.5) is 0 Å². The van der Waals surface area contributed by atoms with Crippen molar-refractivity contribution in [3.8, 4) is 5.75 Å². The van der Waals surface area contributed by atoms with E-state index in [9.17, 15) is 8.42 Å². The largest absolute Gasteiger partial charge is 0.379 e. The predicted molar refractivity (Wildman–Crippen MR) is 82.9 cm³/mol. The van der Waals surface area contributed by atoms with Crippen LogP contribution in [0.5, 0.6) is 5.75 Å². The smallest absolute Gasteiger partial charge is 0.339 e. The molecule has 2 aromatic carbocycles. The van der Waals surface area contributed by atoms with Gasteiger partial charge in [-0.3, -0.25) is 0 Å². The molecule has 2 aromatic rings. The molecule has 0 unspecified atom stereocenters. The molecule has 0 aliphatic rings. The summed E-state index contributed by atoms with van der Waals surface area (Å²) in [5.74, 6) is 0.227. The van der Waals surface area contributed by atoms with Crippen LogP contribution in [0.2, 0.25) is 5.02 Å². The molecular formula is C14H12BrClO3S. The van der Waals surface area contributed by atoms with Crippen molar-refractivity contribution in [2.75, 3.05) is 0 Å². The summed E-state index contributed by atoms with van der Waals surface area (Å²) >= 11 is 9.08. The quantitative estimate of drug-likeness (QED) is 0.743. The SMILES string of the molecule is Cc1cc(C)c(S(=O)(=O)Oc2ccc(Cl)cc2)cc1Br. The van der Waals surface area contributed by atoms with Crippen molar-refractivity contribution in [1.29, 1.82) is 0 Å². The van der Waals surface area contributed by atoms with Crippen molar-refractivity contribution >= 4 is 37.6 Å². The van der Waals surface area contributed by atoms with E-state index in [1.807, 2.05) is 6.92 Å². The molecule has 0 radical (unpaired) electrons. The van der Waals surface area contributed by atoms with Crippen molar-refractivity contribution in [3.63, 3.8) is 0 Å². The van der Waals surface area contributed by atoms with Gasteiger partial charge in [-0.1, -0.05) is 33.6 Å². The molecule has 0 aliphatic heterocycles. The molecule has 6 heteroatoms. The molecule has 106 valence electrons. The third-order valence-corrected chi connectivity index (χ3v) is 5.24. The maximum Gasteiger partial charge on any atom is 0.339 e. The van der Waals surface area contributed by atoms with Crippen molar-refractivity contribution in [2.24, 2.45) is 0 Å². The average molecular weight is 376 g/mol. The molecule has 0 saturated carbocycles. The van der Waals surface area contributed by atoms with E-state index in [1.165, 1.54) is 12.1 Å². The highest BCUT2D eigenvalue weighted by molar-refractivity contribution is 9.10. The maximum absolute atomic E-state index is 12.3. The van der Waals surface area contributed by atoms with Gasteiger partial charge in [-0.25, -0.2) is 0 Å². The second-order valence-corrected chi connectivity index (χ2v) is 7.16. The lowest BCUT2D eigenvalue weighted by molar-refractivity contribution is 0.485. The average Bonchev–Trinajstić information content (AvgIpc) is 2.36. The summed E-state index contributed by atoms with van der Waals surface area (Å²) in [5.41, 5.74) is 1.60. The Balaban J connectivity index is 2.40. The highest BCUT2D eigenvalue weighted by Crippen LogP contribution is 2.27. The van der Waals surface area contributed by atoms with Gasteiger partial charge in [-0.15, -0.1) is 0 Å². The minimum absolute atomic E-state index is 0.143. The highest BCUT2D eigenvalue weighted by Gasteiger charge is 2.20. The summed E-state index contributed by atoms with van der Waals surface area (Å²) in [7, 11) is -3.87. The molecule has 0 saturated heterocycles. The zero-order valence-corrected chi connectivity index (χ0v) is 14.0. The molecule has 0 aromatic heterocycles. The first-order valence-electron chi connectivity index (χ1n) is 5.76. The number of rotatable bonds is 3. The number of halogens is 2. The molecule has 0 amide bonds. The molecule has 0 aliphatic carbocycles. The normalized spacial score (nSPS) is 11.4. The standard InChI is InChI=1S/C14H12BrClO3S/c1-9-7-10(2)14(8-13(9)15)20(17,18)19-12-5-3-11(16)4-6-12/h3-8H,1-2H3. The molecule has 2 rings (SSSR count). The first-order chi connectivity index (χ1) is 9.29. The van der Waals surface area contributed by atoms with E-state index in [0.29, 0.717) is 10.6 Å². The molecule has 20 heavy (non-hydrogen) atoms. The van der Waals surface area contributed by atoms with Gasteiger partial charge in [0.05, 0.1) is 0 Å². The minimum atomic E-state index is -3.87. The molecule has 0 spiro atoms. The van der Waals surface area contributed by atoms with Crippen LogP contribution < -0.4 is 4.18 Å². The summed E-state index contributed by atoms with van der Waals surface area (Å²) in [6.45, 7) is 3.63. The van der Waals surface area contributed by atoms with Gasteiger partial charge in [0.1, 0.15) is 10.6 Å². The third-order valence-electron chi connectivity index (χ3n) is 2.75. The van der Waals surface area contributed by atoms with Crippen LogP contribution in [-0.2, 0) is 10.1 Å². The Hall–Kier alpha value is -1.04. The Kier molecular flexibility index (Phi) is 4.42. The fourth-order valence-electron chi connectivity index (χ4n) is 1.74. The van der Waals surface area contributed by atoms with Crippen LogP contribution in [0.25, 0.3) is 0 Å². The molecule has 0 fully saturated rings. The second kappa shape index (κ2) is 5.76. The topological polar surface area (TPSA) is 43.4 Å². The lowest BCUT2D eigenvalue weighted by atomic mass is 10.2. The monoisotopic (exact) mass is 374 g/mol. The zero-order chi connectivity index (χ0) is 14.9. The first kappa shape index (κ1) is 15.4. The van der Waals surface area contributed by atoms with E-state index < -0.39 is 10.1 Å². The highest BCUT2D eigenvalue weighted by atomic mass is 79.9. The van der Waals surface area contributed by atoms with E-state index in [4.69, 9.17) is 15.8 Å². The van der Waals surface area contributed by atoms with Gasteiger partial charge in [0.25, 0.3) is 0 Å². The van der Waals surface area contributed by atoms with E-state index >= 15 is 0 Å². The summed E-state index contributed by atoms with van der Waals surface area (Å²) in [6.07, 6.45) is 0. The summed E-state index contributed by atoms with van der Waals surface area (Å²) in [4.78, 5) is 0.143. The summed E-state index contributed by atoms with van der Waals surface area (Å²) in [5, 5.41) is 0.518. The second-order valence-electron chi connectivity index (χ2n) is 4.36. The van der Waals surface area contributed by atoms with Gasteiger partial charge in [0.2, 0.25) is 0 Å². The van der Waals surface area contributed by atoms with Crippen LogP contribution >= 0.6 is 27.5 Å². The van der Waals surface area contributed by atoms with Crippen molar-refractivity contribution in [1.82, 2.24) is 0 Å². The van der Waals surface area contributed by atoms with Crippen molar-refractivity contribution < 1.29 is 12.6 Å². The van der Waals surface area contributed by atoms with E-state index in [1.54, 1.807) is 31.2 Å². The summed E-state index contributed by atoms with van der Waals surface area (Å²) < 4.78 is 30.4. The third kappa shape index (κ3) is 3.34. The molecular weight excluding hydrogens is 364 g/mol. The van der Waals surface area contributed by atoms with E-state index in [-0.39, 0.29) is 10.6 Å². The van der Waals surface area contributed by atoms with Crippen LogP contribution in [0.3, 0.4) is 0 Å². The van der Waals surface area contributed by atoms with Gasteiger partial charge in [-0.05, 0) is 55.3 Å². The minimum Gasteiger partial charge on any atom is -0.379 e. The molecule has 3 nitrogen and oxygen atoms in total. The van der Waals surface area contributed by atoms with Gasteiger partial charge >= 0.3 is 10.1 Å². The van der Waals surface area contributed by atoms with Gasteiger partial charge in [0.15, 0.2) is 0 Å². The van der Waals surface area contributed by atoms with Crippen LogP contribution in [0.1, 0.15) is 11.1 Å². The Morgan fingerprint density at radius 3 is 2.25 bits per heavy atom. The van der Waals surface area contributed by atoms with E-state index in [0.717, 1.165) is 10.0 Å². The van der Waals surface area contributed by atoms with Gasteiger partial charge < -0.3 is 4.18 Å². The number of hydrogen-bond donors (Lipinski definition) is 0. The van der Waals surface area contributed by atoms with Crippen LogP contribution in [-0.4, -0.2) is 8.42 Å². The number of hydrogen-bond acceptors (Lipinski definition) is 3. The lowest BCUT2D eigenvalue weighted by Crippen LogP contribution is -2.11. The Labute approximate surface area is 131 Å². The fraction of sp³-hybridized carbons (Fsp3) is 0.143. The van der Waals surface area contributed by atoms with Crippen LogP contribution in [0, 0.1) is 13.8 Å². The Bertz CT molecular complexity index is 740. The molecule has 0 heterocycles. The molecule has 0 N–H and O–H groups in total. The van der Waals surface area contributed by atoms with Gasteiger partial charge in [-0.2, -0.15) is 8.42 Å². The number of benzene rings is 2. The fourth-order valence-corrected chi connectivity index (χ4v) is 3.53. The van der Waals surface area contributed by atoms with Gasteiger partial charge in [0, 0.05) is 9.50 Å². The molecule has 0 bridgehead atoms. The Morgan fingerprint density at radius 1 is 1.05 bits per heavy atom. The lowest BCUT2D eigenvalue weighted by Gasteiger charge is -2.11. The first-order valence-corrected chi connectivity index (χ1v) is 8.34. The predicted octanol–water partition coefficient (Wildman–Crippen LogP) is 4.49. The summed E-state index contributed by atoms with van der Waals surface area (Å²) in [6, 6.07) is 9.52. The van der Waals surface area contributed by atoms with E-state index in [2.05, 4.69) is 15.9 Å². The zero-order valence-electron chi connectivity index (χ0n) is 10.9. The number of aryl methyl sites for hydroxylation is 2.